The van der Waals surface area contributed by atoms with E-state index >= 15 is 0 Å². The van der Waals surface area contributed by atoms with Crippen LogP contribution in [0.4, 0.5) is 5.82 Å². The molecule has 1 N–H and O–H groups in total. The normalized spacial score (nSPS) is 10.2. The van der Waals surface area contributed by atoms with Gasteiger partial charge in [-0.2, -0.15) is 10.4 Å². The Morgan fingerprint density at radius 2 is 2.05 bits per heavy atom. The van der Waals surface area contributed by atoms with E-state index in [1.807, 2.05) is 38.2 Å². The topological polar surface area (TPSA) is 53.6 Å². The number of anilines is 1. The predicted octanol–water partition coefficient (Wildman–Crippen LogP) is 2.91. The van der Waals surface area contributed by atoms with Gasteiger partial charge in [-0.05, 0) is 31.0 Å². The Morgan fingerprint density at radius 3 is 2.68 bits per heavy atom. The van der Waals surface area contributed by atoms with E-state index in [1.165, 1.54) is 5.56 Å². The molecule has 2 rings (SSSR count). The van der Waals surface area contributed by atoms with Gasteiger partial charge >= 0.3 is 0 Å². The maximum Gasteiger partial charge on any atom is 0.142 e. The SMILES string of the molecule is Cc1nn(C)c(NCCc2ccc(Cl)cc2)c1C#N. The van der Waals surface area contributed by atoms with Crippen LogP contribution in [0.2, 0.25) is 5.02 Å². The van der Waals surface area contributed by atoms with Crippen molar-refractivity contribution >= 4 is 17.4 Å². The van der Waals surface area contributed by atoms with E-state index in [1.54, 1.807) is 4.68 Å². The van der Waals surface area contributed by atoms with Gasteiger partial charge in [0.25, 0.3) is 0 Å². The molecule has 0 fully saturated rings. The average molecular weight is 275 g/mol. The fourth-order valence-electron chi connectivity index (χ4n) is 1.97. The summed E-state index contributed by atoms with van der Waals surface area (Å²) in [6.07, 6.45) is 0.867. The Balaban J connectivity index is 2.00. The van der Waals surface area contributed by atoms with Gasteiger partial charge in [0, 0.05) is 18.6 Å². The molecule has 2 aromatic rings. The van der Waals surface area contributed by atoms with Crippen LogP contribution in [0.15, 0.2) is 24.3 Å². The summed E-state index contributed by atoms with van der Waals surface area (Å²) in [6, 6.07) is 9.95. The van der Waals surface area contributed by atoms with Crippen LogP contribution in [-0.4, -0.2) is 16.3 Å². The fourth-order valence-corrected chi connectivity index (χ4v) is 2.10. The van der Waals surface area contributed by atoms with Gasteiger partial charge in [0.15, 0.2) is 0 Å². The number of rotatable bonds is 4. The molecule has 1 aromatic heterocycles. The van der Waals surface area contributed by atoms with Gasteiger partial charge in [-0.25, -0.2) is 0 Å². The lowest BCUT2D eigenvalue weighted by molar-refractivity contribution is 0.757. The molecule has 0 spiro atoms. The Bertz CT molecular complexity index is 608. The molecular formula is C14H15ClN4. The summed E-state index contributed by atoms with van der Waals surface area (Å²) in [4.78, 5) is 0. The Labute approximate surface area is 117 Å². The second kappa shape index (κ2) is 5.77. The van der Waals surface area contributed by atoms with Gasteiger partial charge in [-0.3, -0.25) is 4.68 Å². The van der Waals surface area contributed by atoms with Crippen LogP contribution < -0.4 is 5.32 Å². The zero-order chi connectivity index (χ0) is 13.8. The Kier molecular flexibility index (Phi) is 4.08. The lowest BCUT2D eigenvalue weighted by atomic mass is 10.1. The smallest absolute Gasteiger partial charge is 0.142 e. The van der Waals surface area contributed by atoms with E-state index in [0.717, 1.165) is 29.5 Å². The standard InChI is InChI=1S/C14H15ClN4/c1-10-13(9-16)14(19(2)18-10)17-8-7-11-3-5-12(15)6-4-11/h3-6,17H,7-8H2,1-2H3. The second-order valence-corrected chi connectivity index (χ2v) is 4.78. The number of hydrogen-bond donors (Lipinski definition) is 1. The zero-order valence-corrected chi connectivity index (χ0v) is 11.7. The molecule has 19 heavy (non-hydrogen) atoms. The molecule has 5 heteroatoms. The number of aromatic nitrogens is 2. The van der Waals surface area contributed by atoms with Crippen molar-refractivity contribution in [1.29, 1.82) is 5.26 Å². The Morgan fingerprint density at radius 1 is 1.37 bits per heavy atom. The molecule has 0 bridgehead atoms. The summed E-state index contributed by atoms with van der Waals surface area (Å²) in [7, 11) is 1.83. The lowest BCUT2D eigenvalue weighted by Gasteiger charge is -2.07. The second-order valence-electron chi connectivity index (χ2n) is 4.35. The van der Waals surface area contributed by atoms with Crippen molar-refractivity contribution in [3.63, 3.8) is 0 Å². The van der Waals surface area contributed by atoms with E-state index in [2.05, 4.69) is 16.5 Å². The summed E-state index contributed by atoms with van der Waals surface area (Å²) < 4.78 is 1.70. The molecule has 0 aliphatic rings. The first-order valence-corrected chi connectivity index (χ1v) is 6.41. The molecule has 0 saturated heterocycles. The van der Waals surface area contributed by atoms with Crippen molar-refractivity contribution in [2.45, 2.75) is 13.3 Å². The van der Waals surface area contributed by atoms with Crippen LogP contribution in [0, 0.1) is 18.3 Å². The van der Waals surface area contributed by atoms with E-state index in [9.17, 15) is 0 Å². The van der Waals surface area contributed by atoms with Gasteiger partial charge in [0.2, 0.25) is 0 Å². The maximum absolute atomic E-state index is 9.10. The van der Waals surface area contributed by atoms with Crippen LogP contribution in [0.25, 0.3) is 0 Å². The van der Waals surface area contributed by atoms with Gasteiger partial charge in [0.1, 0.15) is 17.5 Å². The van der Waals surface area contributed by atoms with Gasteiger partial charge < -0.3 is 5.32 Å². The largest absolute Gasteiger partial charge is 0.369 e. The van der Waals surface area contributed by atoms with Gasteiger partial charge in [0.05, 0.1) is 5.69 Å². The number of benzene rings is 1. The monoisotopic (exact) mass is 274 g/mol. The first-order chi connectivity index (χ1) is 9.11. The molecule has 0 unspecified atom stereocenters. The number of nitrogens with zero attached hydrogens (tertiary/aromatic N) is 3. The third-order valence-corrected chi connectivity index (χ3v) is 3.21. The minimum absolute atomic E-state index is 0.610. The summed E-state index contributed by atoms with van der Waals surface area (Å²) in [5, 5.41) is 17.3. The quantitative estimate of drug-likeness (QED) is 0.933. The van der Waals surface area contributed by atoms with Crippen molar-refractivity contribution in [3.8, 4) is 6.07 Å². The minimum Gasteiger partial charge on any atom is -0.369 e. The van der Waals surface area contributed by atoms with Crippen molar-refractivity contribution in [2.24, 2.45) is 7.05 Å². The van der Waals surface area contributed by atoms with Crippen LogP contribution in [-0.2, 0) is 13.5 Å². The highest BCUT2D eigenvalue weighted by molar-refractivity contribution is 6.30. The molecule has 0 aliphatic carbocycles. The van der Waals surface area contributed by atoms with E-state index in [4.69, 9.17) is 16.9 Å². The van der Waals surface area contributed by atoms with Crippen LogP contribution in [0.1, 0.15) is 16.8 Å². The van der Waals surface area contributed by atoms with E-state index in [0.29, 0.717) is 5.56 Å². The third-order valence-electron chi connectivity index (χ3n) is 2.95. The van der Waals surface area contributed by atoms with Gasteiger partial charge in [-0.15, -0.1) is 0 Å². The number of nitrogens with one attached hydrogen (secondary N) is 1. The molecule has 98 valence electrons. The number of hydrogen-bond acceptors (Lipinski definition) is 3. The average Bonchev–Trinajstić information content (AvgIpc) is 2.66. The van der Waals surface area contributed by atoms with E-state index in [-0.39, 0.29) is 0 Å². The number of halogens is 1. The summed E-state index contributed by atoms with van der Waals surface area (Å²) in [5.74, 6) is 0.772. The molecule has 4 nitrogen and oxygen atoms in total. The molecule has 1 aromatic carbocycles. The molecule has 0 atom stereocenters. The summed E-state index contributed by atoms with van der Waals surface area (Å²) >= 11 is 5.84. The summed E-state index contributed by atoms with van der Waals surface area (Å²) in [6.45, 7) is 2.58. The molecule has 1 heterocycles. The highest BCUT2D eigenvalue weighted by atomic mass is 35.5. The number of nitriles is 1. The van der Waals surface area contributed by atoms with Gasteiger partial charge in [-0.1, -0.05) is 23.7 Å². The van der Waals surface area contributed by atoms with Crippen LogP contribution in [0.3, 0.4) is 0 Å². The lowest BCUT2D eigenvalue weighted by Crippen LogP contribution is -2.09. The molecule has 0 saturated carbocycles. The zero-order valence-electron chi connectivity index (χ0n) is 10.9. The van der Waals surface area contributed by atoms with Crippen LogP contribution in [0.5, 0.6) is 0 Å². The molecule has 0 aliphatic heterocycles. The Hall–Kier alpha value is -1.99. The minimum atomic E-state index is 0.610. The maximum atomic E-state index is 9.10. The number of aryl methyl sites for hydroxylation is 2. The van der Waals surface area contributed by atoms with Crippen molar-refractivity contribution in [1.82, 2.24) is 9.78 Å². The first-order valence-electron chi connectivity index (χ1n) is 6.04. The molecular weight excluding hydrogens is 260 g/mol. The van der Waals surface area contributed by atoms with Crippen molar-refractivity contribution in [3.05, 3.63) is 46.1 Å². The highest BCUT2D eigenvalue weighted by Gasteiger charge is 2.11. The first kappa shape index (κ1) is 13.4. The van der Waals surface area contributed by atoms with Crippen molar-refractivity contribution < 1.29 is 0 Å². The van der Waals surface area contributed by atoms with E-state index < -0.39 is 0 Å². The fraction of sp³-hybridized carbons (Fsp3) is 0.286. The third kappa shape index (κ3) is 3.07. The van der Waals surface area contributed by atoms with Crippen molar-refractivity contribution in [2.75, 3.05) is 11.9 Å². The molecule has 0 amide bonds. The van der Waals surface area contributed by atoms with Crippen LogP contribution >= 0.6 is 11.6 Å². The summed E-state index contributed by atoms with van der Waals surface area (Å²) in [5.41, 5.74) is 2.56. The highest BCUT2D eigenvalue weighted by Crippen LogP contribution is 2.17. The predicted molar refractivity (Wildman–Crippen MR) is 76.3 cm³/mol. The molecule has 0 radical (unpaired) electrons.